The van der Waals surface area contributed by atoms with Crippen molar-refractivity contribution in [3.63, 3.8) is 0 Å². The highest BCUT2D eigenvalue weighted by Crippen LogP contribution is 2.24. The molecule has 1 aromatic carbocycles. The topological polar surface area (TPSA) is 67.8 Å². The zero-order chi connectivity index (χ0) is 13.4. The van der Waals surface area contributed by atoms with Crippen LogP contribution in [0.3, 0.4) is 0 Å². The number of halogens is 1. The van der Waals surface area contributed by atoms with Gasteiger partial charge in [-0.05, 0) is 34.1 Å². The molecule has 0 bridgehead atoms. The lowest BCUT2D eigenvalue weighted by atomic mass is 10.2. The number of rotatable bonds is 7. The van der Waals surface area contributed by atoms with E-state index in [1.807, 2.05) is 0 Å². The monoisotopic (exact) mass is 317 g/mol. The summed E-state index contributed by atoms with van der Waals surface area (Å²) >= 11 is 3.15. The second-order valence-electron chi connectivity index (χ2n) is 3.53. The normalized spacial score (nSPS) is 10.3. The molecule has 0 aromatic heterocycles. The van der Waals surface area contributed by atoms with Crippen LogP contribution in [0, 0.1) is 0 Å². The van der Waals surface area contributed by atoms with E-state index in [-0.39, 0.29) is 11.7 Å². The van der Waals surface area contributed by atoms with Gasteiger partial charge in [-0.25, -0.2) is 0 Å². The van der Waals surface area contributed by atoms with Gasteiger partial charge in [0.05, 0.1) is 24.3 Å². The molecule has 0 saturated heterocycles. The molecule has 0 heterocycles. The summed E-state index contributed by atoms with van der Waals surface area (Å²) in [4.78, 5) is 11.7. The molecule has 1 amide bonds. The van der Waals surface area contributed by atoms with Crippen LogP contribution in [0.15, 0.2) is 22.7 Å². The van der Waals surface area contributed by atoms with Crippen LogP contribution in [0.5, 0.6) is 5.75 Å². The van der Waals surface area contributed by atoms with E-state index in [1.165, 1.54) is 6.07 Å². The fourth-order valence-corrected chi connectivity index (χ4v) is 1.48. The lowest BCUT2D eigenvalue weighted by molar-refractivity contribution is 0.0692. The summed E-state index contributed by atoms with van der Waals surface area (Å²) in [6.45, 7) is 1.89. The summed E-state index contributed by atoms with van der Waals surface area (Å²) in [6, 6.07) is 4.66. The molecule has 1 rings (SSSR count). The van der Waals surface area contributed by atoms with Gasteiger partial charge in [0.1, 0.15) is 5.75 Å². The van der Waals surface area contributed by atoms with Crippen LogP contribution < -0.4 is 5.32 Å². The number of nitrogens with one attached hydrogen (secondary N) is 1. The summed E-state index contributed by atoms with van der Waals surface area (Å²) in [5.41, 5.74) is 0.410. The first-order valence-corrected chi connectivity index (χ1v) is 6.28. The number of methoxy groups -OCH3 is 1. The maximum absolute atomic E-state index is 11.7. The van der Waals surface area contributed by atoms with Gasteiger partial charge < -0.3 is 19.9 Å². The number of carbonyl (C=O) groups excluding carboxylic acids is 1. The number of benzene rings is 1. The highest BCUT2D eigenvalue weighted by molar-refractivity contribution is 9.10. The van der Waals surface area contributed by atoms with Crippen LogP contribution in [0.25, 0.3) is 0 Å². The molecule has 0 atom stereocenters. The van der Waals surface area contributed by atoms with Crippen LogP contribution in [-0.2, 0) is 9.47 Å². The first kappa shape index (κ1) is 14.9. The number of ether oxygens (including phenoxy) is 2. The fraction of sp³-hybridized carbons (Fsp3) is 0.417. The summed E-state index contributed by atoms with van der Waals surface area (Å²) in [5.74, 6) is -0.202. The van der Waals surface area contributed by atoms with Gasteiger partial charge in [0, 0.05) is 19.2 Å². The SMILES string of the molecule is COCCOCCNC(=O)c1ccc(Br)c(O)c1. The molecule has 0 unspecified atom stereocenters. The molecule has 18 heavy (non-hydrogen) atoms. The van der Waals surface area contributed by atoms with Gasteiger partial charge in [0.25, 0.3) is 5.91 Å². The number of carbonyl (C=O) groups is 1. The van der Waals surface area contributed by atoms with Gasteiger partial charge >= 0.3 is 0 Å². The van der Waals surface area contributed by atoms with Crippen LogP contribution in [0.4, 0.5) is 0 Å². The van der Waals surface area contributed by atoms with E-state index >= 15 is 0 Å². The predicted molar refractivity (Wildman–Crippen MR) is 70.8 cm³/mol. The molecule has 5 nitrogen and oxygen atoms in total. The minimum Gasteiger partial charge on any atom is -0.507 e. The largest absolute Gasteiger partial charge is 0.507 e. The lowest BCUT2D eigenvalue weighted by Gasteiger charge is -2.07. The van der Waals surface area contributed by atoms with Crippen LogP contribution in [0.1, 0.15) is 10.4 Å². The van der Waals surface area contributed by atoms with Crippen molar-refractivity contribution in [3.8, 4) is 5.75 Å². The molecule has 0 spiro atoms. The number of aromatic hydroxyl groups is 1. The Kier molecular flexibility index (Phi) is 6.70. The third kappa shape index (κ3) is 5.03. The minimum atomic E-state index is -0.242. The molecule has 0 fully saturated rings. The molecule has 0 aliphatic rings. The average Bonchev–Trinajstić information content (AvgIpc) is 2.36. The molecule has 0 saturated carbocycles. The number of phenols is 1. The third-order valence-electron chi connectivity index (χ3n) is 2.17. The second kappa shape index (κ2) is 8.07. The Morgan fingerprint density at radius 1 is 1.39 bits per heavy atom. The van der Waals surface area contributed by atoms with Crippen molar-refractivity contribution in [2.24, 2.45) is 0 Å². The Bertz CT molecular complexity index is 398. The molecule has 0 radical (unpaired) electrons. The van der Waals surface area contributed by atoms with Crippen molar-refractivity contribution < 1.29 is 19.4 Å². The summed E-state index contributed by atoms with van der Waals surface area (Å²) in [5, 5.41) is 12.1. The Hall–Kier alpha value is -1.11. The van der Waals surface area contributed by atoms with E-state index in [0.29, 0.717) is 36.4 Å². The van der Waals surface area contributed by atoms with Gasteiger partial charge in [0.2, 0.25) is 0 Å². The van der Waals surface area contributed by atoms with E-state index < -0.39 is 0 Å². The standard InChI is InChI=1S/C12H16BrNO4/c1-17-6-7-18-5-4-14-12(16)9-2-3-10(13)11(15)8-9/h2-3,8,15H,4-7H2,1H3,(H,14,16). The zero-order valence-corrected chi connectivity index (χ0v) is 11.7. The smallest absolute Gasteiger partial charge is 0.251 e. The van der Waals surface area contributed by atoms with E-state index in [2.05, 4.69) is 21.2 Å². The zero-order valence-electron chi connectivity index (χ0n) is 10.1. The number of hydrogen-bond acceptors (Lipinski definition) is 4. The number of amides is 1. The number of hydrogen-bond donors (Lipinski definition) is 2. The third-order valence-corrected chi connectivity index (χ3v) is 2.84. The van der Waals surface area contributed by atoms with E-state index in [0.717, 1.165) is 0 Å². The molecular formula is C12H16BrNO4. The van der Waals surface area contributed by atoms with Crippen molar-refractivity contribution in [2.75, 3.05) is 33.5 Å². The van der Waals surface area contributed by atoms with Gasteiger partial charge in [-0.1, -0.05) is 0 Å². The molecular weight excluding hydrogens is 302 g/mol. The highest BCUT2D eigenvalue weighted by atomic mass is 79.9. The second-order valence-corrected chi connectivity index (χ2v) is 4.38. The Morgan fingerprint density at radius 3 is 2.83 bits per heavy atom. The van der Waals surface area contributed by atoms with Crippen molar-refractivity contribution in [1.29, 1.82) is 0 Å². The van der Waals surface area contributed by atoms with Crippen molar-refractivity contribution in [1.82, 2.24) is 5.32 Å². The quantitative estimate of drug-likeness (QED) is 0.749. The summed E-state index contributed by atoms with van der Waals surface area (Å²) in [6.07, 6.45) is 0. The first-order valence-electron chi connectivity index (χ1n) is 5.48. The lowest BCUT2D eigenvalue weighted by Crippen LogP contribution is -2.27. The molecule has 100 valence electrons. The van der Waals surface area contributed by atoms with E-state index in [1.54, 1.807) is 19.2 Å². The summed E-state index contributed by atoms with van der Waals surface area (Å²) in [7, 11) is 1.60. The molecule has 1 aromatic rings. The number of phenolic OH excluding ortho intramolecular Hbond substituents is 1. The van der Waals surface area contributed by atoms with E-state index in [9.17, 15) is 9.90 Å². The molecule has 2 N–H and O–H groups in total. The Balaban J connectivity index is 2.30. The maximum Gasteiger partial charge on any atom is 0.251 e. The molecule has 0 aliphatic heterocycles. The van der Waals surface area contributed by atoms with Gasteiger partial charge in [-0.3, -0.25) is 4.79 Å². The maximum atomic E-state index is 11.7. The van der Waals surface area contributed by atoms with Gasteiger partial charge in [0.15, 0.2) is 0 Å². The highest BCUT2D eigenvalue weighted by Gasteiger charge is 2.07. The average molecular weight is 318 g/mol. The Labute approximate surface area is 114 Å². The van der Waals surface area contributed by atoms with Crippen molar-refractivity contribution in [2.45, 2.75) is 0 Å². The van der Waals surface area contributed by atoms with Gasteiger partial charge in [-0.15, -0.1) is 0 Å². The fourth-order valence-electron chi connectivity index (χ4n) is 1.24. The summed E-state index contributed by atoms with van der Waals surface area (Å²) < 4.78 is 10.6. The molecule has 6 heteroatoms. The van der Waals surface area contributed by atoms with E-state index in [4.69, 9.17) is 9.47 Å². The minimum absolute atomic E-state index is 0.0407. The van der Waals surface area contributed by atoms with Gasteiger partial charge in [-0.2, -0.15) is 0 Å². The van der Waals surface area contributed by atoms with Crippen LogP contribution in [0.2, 0.25) is 0 Å². The van der Waals surface area contributed by atoms with Crippen LogP contribution >= 0.6 is 15.9 Å². The molecule has 0 aliphatic carbocycles. The van der Waals surface area contributed by atoms with Crippen molar-refractivity contribution in [3.05, 3.63) is 28.2 Å². The van der Waals surface area contributed by atoms with Crippen LogP contribution in [-0.4, -0.2) is 44.5 Å². The first-order chi connectivity index (χ1) is 8.65. The predicted octanol–water partition coefficient (Wildman–Crippen LogP) is 1.55. The van der Waals surface area contributed by atoms with Crippen molar-refractivity contribution >= 4 is 21.8 Å². The Morgan fingerprint density at radius 2 is 2.17 bits per heavy atom.